The second kappa shape index (κ2) is 9.45. The van der Waals surface area contributed by atoms with Crippen molar-refractivity contribution in [2.75, 3.05) is 0 Å². The second-order valence-corrected chi connectivity index (χ2v) is 8.50. The smallest absolute Gasteiger partial charge is 0.370 e. The number of nitrogens with zero attached hydrogens (tertiary/aromatic N) is 2. The molecule has 0 saturated carbocycles. The van der Waals surface area contributed by atoms with Crippen LogP contribution in [0.1, 0.15) is 46.8 Å². The molecule has 3 unspecified atom stereocenters. The summed E-state index contributed by atoms with van der Waals surface area (Å²) in [7, 11) is 0. The molecule has 1 amide bonds. The topological polar surface area (TPSA) is 68.3 Å². The highest BCUT2D eigenvalue weighted by Crippen LogP contribution is 2.51. The van der Waals surface area contributed by atoms with Crippen LogP contribution in [0, 0.1) is 0 Å². The number of carbonyl (C=O) groups is 1. The number of aromatic nitrogens is 1. The summed E-state index contributed by atoms with van der Waals surface area (Å²) in [6.07, 6.45) is -24.0. The SMILES string of the molecule is NC(=O)CC(c1ccccc1C(F)(F)F)C1CC(c2cc(C(F)(F)F)nc(C(F)(F)F)c2)(C(F)(F)F)C=N1. The number of amides is 1. The summed E-state index contributed by atoms with van der Waals surface area (Å²) in [5.41, 5.74) is -6.52. The average molecular weight is 565 g/mol. The third-order valence-corrected chi connectivity index (χ3v) is 6.00. The van der Waals surface area contributed by atoms with Gasteiger partial charge in [-0.1, -0.05) is 18.2 Å². The highest BCUT2D eigenvalue weighted by molar-refractivity contribution is 5.79. The van der Waals surface area contributed by atoms with Gasteiger partial charge in [0.25, 0.3) is 0 Å². The minimum absolute atomic E-state index is 0.0531. The maximum atomic E-state index is 14.4. The molecule has 2 aromatic rings. The van der Waals surface area contributed by atoms with Crippen molar-refractivity contribution >= 4 is 12.1 Å². The van der Waals surface area contributed by atoms with Crippen LogP contribution in [0.2, 0.25) is 0 Å². The van der Waals surface area contributed by atoms with Crippen LogP contribution in [0.3, 0.4) is 0 Å². The second-order valence-electron chi connectivity index (χ2n) is 8.50. The van der Waals surface area contributed by atoms with Crippen LogP contribution >= 0.6 is 0 Å². The summed E-state index contributed by atoms with van der Waals surface area (Å²) in [5, 5.41) is 0. The predicted molar refractivity (Wildman–Crippen MR) is 107 cm³/mol. The van der Waals surface area contributed by atoms with Crippen LogP contribution in [-0.4, -0.2) is 29.3 Å². The summed E-state index contributed by atoms with van der Waals surface area (Å²) >= 11 is 0. The van der Waals surface area contributed by atoms with Crippen LogP contribution in [0.15, 0.2) is 41.4 Å². The summed E-state index contributed by atoms with van der Waals surface area (Å²) in [5.74, 6) is -2.97. The van der Waals surface area contributed by atoms with E-state index in [-0.39, 0.29) is 18.3 Å². The molecular weight excluding hydrogens is 550 g/mol. The molecule has 0 bridgehead atoms. The minimum Gasteiger partial charge on any atom is -0.370 e. The van der Waals surface area contributed by atoms with Gasteiger partial charge in [-0.3, -0.25) is 9.79 Å². The summed E-state index contributed by atoms with van der Waals surface area (Å²) in [6, 6.07) is 1.27. The molecule has 0 fully saturated rings. The number of primary amides is 1. The monoisotopic (exact) mass is 565 g/mol. The molecule has 0 spiro atoms. The van der Waals surface area contributed by atoms with Gasteiger partial charge >= 0.3 is 24.7 Å². The predicted octanol–water partition coefficient (Wildman–Crippen LogP) is 6.44. The van der Waals surface area contributed by atoms with Crippen LogP contribution in [-0.2, 0) is 28.7 Å². The van der Waals surface area contributed by atoms with Gasteiger partial charge in [-0.25, -0.2) is 4.98 Å². The standard InChI is InChI=1S/C22H15F12N3O/c23-19(24,25)13-4-2-1-3-11(13)12(7-17(35)38)14-8-18(9-36-14,22(32,33)34)10-5-15(20(26,27)28)37-16(6-10)21(29,30)31/h1-6,9,12,14H,7-8H2,(H2,35,38). The number of halogens is 12. The Morgan fingerprint density at radius 1 is 0.895 bits per heavy atom. The number of hydrogen-bond donors (Lipinski definition) is 1. The van der Waals surface area contributed by atoms with Gasteiger partial charge in [0.05, 0.1) is 11.6 Å². The van der Waals surface area contributed by atoms with Gasteiger partial charge in [-0.2, -0.15) is 52.7 Å². The maximum Gasteiger partial charge on any atom is 0.433 e. The molecule has 38 heavy (non-hydrogen) atoms. The van der Waals surface area contributed by atoms with Crippen molar-refractivity contribution in [1.29, 1.82) is 0 Å². The van der Waals surface area contributed by atoms with Crippen molar-refractivity contribution in [2.45, 2.75) is 54.9 Å². The van der Waals surface area contributed by atoms with Crippen LogP contribution in [0.4, 0.5) is 52.7 Å². The lowest BCUT2D eigenvalue weighted by molar-refractivity contribution is -0.170. The Kier molecular flexibility index (Phi) is 7.27. The van der Waals surface area contributed by atoms with Gasteiger partial charge in [-0.15, -0.1) is 0 Å². The van der Waals surface area contributed by atoms with Gasteiger partial charge in [0.1, 0.15) is 16.8 Å². The fourth-order valence-electron chi connectivity index (χ4n) is 4.28. The molecule has 2 N–H and O–H groups in total. The number of benzene rings is 1. The van der Waals surface area contributed by atoms with Crippen LogP contribution in [0.25, 0.3) is 0 Å². The Morgan fingerprint density at radius 2 is 1.42 bits per heavy atom. The number of rotatable bonds is 5. The Morgan fingerprint density at radius 3 is 1.87 bits per heavy atom. The van der Waals surface area contributed by atoms with Crippen molar-refractivity contribution in [3.05, 3.63) is 64.5 Å². The van der Waals surface area contributed by atoms with Crippen molar-refractivity contribution in [1.82, 2.24) is 4.98 Å². The van der Waals surface area contributed by atoms with E-state index < -0.39 is 88.9 Å². The normalized spacial score (nSPS) is 21.5. The maximum absolute atomic E-state index is 14.4. The Bertz CT molecular complexity index is 1200. The largest absolute Gasteiger partial charge is 0.433 e. The number of alkyl halides is 12. The van der Waals surface area contributed by atoms with Gasteiger partial charge < -0.3 is 5.73 Å². The lowest BCUT2D eigenvalue weighted by Gasteiger charge is -2.33. The van der Waals surface area contributed by atoms with Gasteiger partial charge in [0.2, 0.25) is 5.91 Å². The number of carbonyl (C=O) groups excluding carboxylic acids is 1. The van der Waals surface area contributed by atoms with Crippen molar-refractivity contribution < 1.29 is 57.5 Å². The number of hydrogen-bond acceptors (Lipinski definition) is 3. The van der Waals surface area contributed by atoms with E-state index in [0.717, 1.165) is 18.2 Å². The molecule has 1 aliphatic heterocycles. The molecule has 2 heterocycles. The van der Waals surface area contributed by atoms with E-state index >= 15 is 0 Å². The molecule has 208 valence electrons. The lowest BCUT2D eigenvalue weighted by atomic mass is 9.73. The molecule has 3 rings (SSSR count). The zero-order chi connectivity index (χ0) is 28.9. The molecule has 3 atom stereocenters. The van der Waals surface area contributed by atoms with Gasteiger partial charge in [-0.05, 0) is 35.7 Å². The molecule has 1 aromatic heterocycles. The molecule has 0 saturated heterocycles. The zero-order valence-corrected chi connectivity index (χ0v) is 18.5. The molecule has 0 radical (unpaired) electrons. The molecule has 16 heteroatoms. The fourth-order valence-corrected chi connectivity index (χ4v) is 4.28. The Hall–Kier alpha value is -3.33. The highest BCUT2D eigenvalue weighted by atomic mass is 19.4. The van der Waals surface area contributed by atoms with E-state index in [1.54, 1.807) is 0 Å². The summed E-state index contributed by atoms with van der Waals surface area (Å²) in [6.45, 7) is 0. The van der Waals surface area contributed by atoms with Crippen molar-refractivity contribution in [3.8, 4) is 0 Å². The summed E-state index contributed by atoms with van der Waals surface area (Å²) < 4.78 is 164. The third kappa shape index (κ3) is 5.72. The first kappa shape index (κ1) is 29.2. The number of nitrogens with two attached hydrogens (primary N) is 1. The fraction of sp³-hybridized carbons (Fsp3) is 0.409. The summed E-state index contributed by atoms with van der Waals surface area (Å²) in [4.78, 5) is 17.6. The molecular formula is C22H15F12N3O. The minimum atomic E-state index is -5.57. The Labute approximate surface area is 205 Å². The third-order valence-electron chi connectivity index (χ3n) is 6.00. The number of pyridine rings is 1. The van der Waals surface area contributed by atoms with Gasteiger partial charge in [0, 0.05) is 18.6 Å². The molecule has 4 nitrogen and oxygen atoms in total. The van der Waals surface area contributed by atoms with Crippen LogP contribution in [0.5, 0.6) is 0 Å². The quantitative estimate of drug-likeness (QED) is 0.424. The molecule has 1 aliphatic rings. The first-order chi connectivity index (χ1) is 17.2. The number of aliphatic imine (C=N–C) groups is 1. The van der Waals surface area contributed by atoms with Crippen LogP contribution < -0.4 is 5.73 Å². The van der Waals surface area contributed by atoms with Gasteiger partial charge in [0.15, 0.2) is 0 Å². The van der Waals surface area contributed by atoms with E-state index in [4.69, 9.17) is 5.73 Å². The molecule has 1 aromatic carbocycles. The first-order valence-electron chi connectivity index (χ1n) is 10.4. The van der Waals surface area contributed by atoms with E-state index in [2.05, 4.69) is 9.98 Å². The van der Waals surface area contributed by atoms with E-state index in [9.17, 15) is 57.5 Å². The lowest BCUT2D eigenvalue weighted by Crippen LogP contribution is -2.44. The first-order valence-corrected chi connectivity index (χ1v) is 10.4. The average Bonchev–Trinajstić information content (AvgIpc) is 3.22. The molecule has 0 aliphatic carbocycles. The Balaban J connectivity index is 2.21. The van der Waals surface area contributed by atoms with E-state index in [0.29, 0.717) is 6.07 Å². The highest BCUT2D eigenvalue weighted by Gasteiger charge is 2.60. The van der Waals surface area contributed by atoms with Crippen molar-refractivity contribution in [3.63, 3.8) is 0 Å². The van der Waals surface area contributed by atoms with Crippen molar-refractivity contribution in [2.24, 2.45) is 10.7 Å². The van der Waals surface area contributed by atoms with E-state index in [1.165, 1.54) is 0 Å². The van der Waals surface area contributed by atoms with E-state index in [1.807, 2.05) is 0 Å². The zero-order valence-electron chi connectivity index (χ0n) is 18.5.